The Morgan fingerprint density at radius 1 is 1.22 bits per heavy atom. The standard InChI is InChI=1S/C23H28BrFO7/c1-21-5-3-12-10(7-14(25)13-8-15(26)18(24)20(31)22(12,13)2)11(21)4-6-23(21,32)19(30)16(27)9-17(28)29/h8,10-12,14,16,18,27,32H,3-7,9H2,1-2H3,(H,28,29)/t10-,11-,12-,14?,16?,18?,21-,22+,23-/m0/s1. The van der Waals surface area contributed by atoms with Crippen molar-refractivity contribution in [1.82, 2.24) is 0 Å². The molecule has 0 amide bonds. The number of aliphatic hydroxyl groups is 2. The van der Waals surface area contributed by atoms with Crippen molar-refractivity contribution in [2.24, 2.45) is 28.6 Å². The SMILES string of the molecule is C[C@]12C(=O)C(Br)C(=O)C=C1C(F)C[C@@H]1[C@@H]2CC[C@@]2(C)[C@H]1CC[C@]2(O)C(=O)C(O)CC(=O)O. The van der Waals surface area contributed by atoms with E-state index in [2.05, 4.69) is 15.9 Å². The molecule has 9 atom stereocenters. The highest BCUT2D eigenvalue weighted by molar-refractivity contribution is 9.10. The lowest BCUT2D eigenvalue weighted by Gasteiger charge is -2.59. The number of carbonyl (C=O) groups is 4. The monoisotopic (exact) mass is 514 g/mol. The Bertz CT molecular complexity index is 933. The number of hydrogen-bond donors (Lipinski definition) is 3. The lowest BCUT2D eigenvalue weighted by Crippen LogP contribution is -2.62. The molecule has 0 aromatic rings. The Kier molecular flexibility index (Phi) is 5.58. The fourth-order valence-corrected chi connectivity index (χ4v) is 7.98. The van der Waals surface area contributed by atoms with Crippen molar-refractivity contribution in [3.05, 3.63) is 11.6 Å². The van der Waals surface area contributed by atoms with Gasteiger partial charge in [-0.2, -0.15) is 0 Å². The minimum Gasteiger partial charge on any atom is -0.481 e. The fourth-order valence-electron chi connectivity index (χ4n) is 7.38. The van der Waals surface area contributed by atoms with Crippen LogP contribution in [0.4, 0.5) is 4.39 Å². The molecular formula is C23H28BrFO7. The fraction of sp³-hybridized carbons (Fsp3) is 0.739. The van der Waals surface area contributed by atoms with E-state index in [0.717, 1.165) is 0 Å². The zero-order valence-electron chi connectivity index (χ0n) is 18.0. The van der Waals surface area contributed by atoms with Crippen LogP contribution < -0.4 is 0 Å². The van der Waals surface area contributed by atoms with Crippen molar-refractivity contribution < 1.29 is 38.9 Å². The quantitative estimate of drug-likeness (QED) is 0.387. The molecule has 0 aromatic heterocycles. The molecule has 4 rings (SSSR count). The second-order valence-electron chi connectivity index (χ2n) is 10.3. The Hall–Kier alpha value is -1.45. The Morgan fingerprint density at radius 3 is 2.47 bits per heavy atom. The van der Waals surface area contributed by atoms with E-state index in [-0.39, 0.29) is 42.0 Å². The van der Waals surface area contributed by atoms with Crippen LogP contribution in [0.3, 0.4) is 0 Å². The summed E-state index contributed by atoms with van der Waals surface area (Å²) in [6.07, 6.45) is -1.44. The normalized spacial score (nSPS) is 46.6. The number of hydrogen-bond acceptors (Lipinski definition) is 6. The lowest BCUT2D eigenvalue weighted by atomic mass is 9.45. The number of Topliss-reactive ketones (excluding diaryl/α,β-unsaturated/α-hetero) is 2. The molecule has 176 valence electrons. The molecule has 7 nitrogen and oxygen atoms in total. The molecule has 3 saturated carbocycles. The van der Waals surface area contributed by atoms with Gasteiger partial charge in [0.05, 0.1) is 11.8 Å². The predicted molar refractivity (Wildman–Crippen MR) is 114 cm³/mol. The average molecular weight is 515 g/mol. The number of rotatable bonds is 4. The van der Waals surface area contributed by atoms with Crippen LogP contribution in [-0.2, 0) is 19.2 Å². The van der Waals surface area contributed by atoms with Gasteiger partial charge in [0.15, 0.2) is 17.3 Å². The number of aliphatic carboxylic acids is 1. The summed E-state index contributed by atoms with van der Waals surface area (Å²) in [7, 11) is 0. The van der Waals surface area contributed by atoms with Crippen molar-refractivity contribution in [3.8, 4) is 0 Å². The van der Waals surface area contributed by atoms with Gasteiger partial charge in [-0.15, -0.1) is 0 Å². The molecule has 4 aliphatic rings. The molecule has 4 aliphatic carbocycles. The van der Waals surface area contributed by atoms with E-state index in [4.69, 9.17) is 5.11 Å². The van der Waals surface area contributed by atoms with E-state index >= 15 is 4.39 Å². The molecule has 9 heteroatoms. The van der Waals surface area contributed by atoms with Crippen LogP contribution in [-0.4, -0.2) is 61.3 Å². The van der Waals surface area contributed by atoms with Crippen LogP contribution >= 0.6 is 15.9 Å². The average Bonchev–Trinajstić information content (AvgIpc) is 2.99. The zero-order valence-corrected chi connectivity index (χ0v) is 19.6. The molecule has 0 saturated heterocycles. The van der Waals surface area contributed by atoms with Gasteiger partial charge >= 0.3 is 5.97 Å². The van der Waals surface area contributed by atoms with Crippen molar-refractivity contribution in [1.29, 1.82) is 0 Å². The summed E-state index contributed by atoms with van der Waals surface area (Å²) >= 11 is 3.17. The van der Waals surface area contributed by atoms with E-state index in [0.29, 0.717) is 19.3 Å². The zero-order chi connectivity index (χ0) is 23.8. The summed E-state index contributed by atoms with van der Waals surface area (Å²) in [6.45, 7) is 3.46. The number of fused-ring (bicyclic) bond motifs is 5. The summed E-state index contributed by atoms with van der Waals surface area (Å²) in [6, 6.07) is 0. The molecule has 32 heavy (non-hydrogen) atoms. The highest BCUT2D eigenvalue weighted by Crippen LogP contribution is 2.67. The molecule has 0 spiro atoms. The van der Waals surface area contributed by atoms with Crippen LogP contribution in [0, 0.1) is 28.6 Å². The molecule has 0 aromatic carbocycles. The first-order chi connectivity index (χ1) is 14.8. The Morgan fingerprint density at radius 2 is 1.84 bits per heavy atom. The van der Waals surface area contributed by atoms with Gasteiger partial charge in [0.1, 0.15) is 22.7 Å². The van der Waals surface area contributed by atoms with Gasteiger partial charge in [-0.1, -0.05) is 22.9 Å². The highest BCUT2D eigenvalue weighted by Gasteiger charge is 2.69. The topological polar surface area (TPSA) is 129 Å². The van der Waals surface area contributed by atoms with Gasteiger partial charge in [-0.05, 0) is 68.4 Å². The number of ketones is 3. The van der Waals surface area contributed by atoms with Gasteiger partial charge in [-0.25, -0.2) is 4.39 Å². The molecular weight excluding hydrogens is 487 g/mol. The van der Waals surface area contributed by atoms with Crippen LogP contribution in [0.25, 0.3) is 0 Å². The largest absolute Gasteiger partial charge is 0.481 e. The summed E-state index contributed by atoms with van der Waals surface area (Å²) in [4.78, 5) is 48.3. The smallest absolute Gasteiger partial charge is 0.306 e. The molecule has 0 bridgehead atoms. The first-order valence-corrected chi connectivity index (χ1v) is 12.0. The Balaban J connectivity index is 1.70. The minimum atomic E-state index is -1.91. The number of carboxylic acids is 1. The Labute approximate surface area is 193 Å². The maximum Gasteiger partial charge on any atom is 0.306 e. The number of carboxylic acid groups (broad SMARTS) is 1. The van der Waals surface area contributed by atoms with Crippen molar-refractivity contribution in [3.63, 3.8) is 0 Å². The van der Waals surface area contributed by atoms with Gasteiger partial charge in [0.25, 0.3) is 0 Å². The van der Waals surface area contributed by atoms with E-state index < -0.39 is 57.5 Å². The summed E-state index contributed by atoms with van der Waals surface area (Å²) in [5.74, 6) is -3.83. The van der Waals surface area contributed by atoms with Gasteiger partial charge in [0.2, 0.25) is 0 Å². The van der Waals surface area contributed by atoms with Crippen molar-refractivity contribution in [2.75, 3.05) is 0 Å². The van der Waals surface area contributed by atoms with E-state index in [1.807, 2.05) is 0 Å². The second kappa shape index (κ2) is 7.53. The third-order valence-corrected chi connectivity index (χ3v) is 9.98. The van der Waals surface area contributed by atoms with Crippen LogP contribution in [0.2, 0.25) is 0 Å². The van der Waals surface area contributed by atoms with Crippen LogP contribution in [0.1, 0.15) is 52.4 Å². The maximum absolute atomic E-state index is 15.4. The van der Waals surface area contributed by atoms with Crippen LogP contribution in [0.5, 0.6) is 0 Å². The molecule has 3 fully saturated rings. The highest BCUT2D eigenvalue weighted by atomic mass is 79.9. The predicted octanol–water partition coefficient (Wildman–Crippen LogP) is 2.15. The van der Waals surface area contributed by atoms with Gasteiger partial charge in [0, 0.05) is 5.41 Å². The first-order valence-electron chi connectivity index (χ1n) is 11.0. The van der Waals surface area contributed by atoms with E-state index in [9.17, 15) is 29.4 Å². The number of carbonyl (C=O) groups excluding carboxylic acids is 3. The van der Waals surface area contributed by atoms with E-state index in [1.165, 1.54) is 6.08 Å². The number of allylic oxidation sites excluding steroid dienone is 1. The van der Waals surface area contributed by atoms with E-state index in [1.54, 1.807) is 13.8 Å². The lowest BCUT2D eigenvalue weighted by molar-refractivity contribution is -0.173. The number of alkyl halides is 2. The van der Waals surface area contributed by atoms with Gasteiger partial charge < -0.3 is 15.3 Å². The minimum absolute atomic E-state index is 0.0523. The molecule has 0 heterocycles. The third-order valence-electron chi connectivity index (χ3n) is 9.11. The maximum atomic E-state index is 15.4. The summed E-state index contributed by atoms with van der Waals surface area (Å²) in [5.41, 5.74) is -3.79. The number of aliphatic hydroxyl groups excluding tert-OH is 1. The summed E-state index contributed by atoms with van der Waals surface area (Å²) in [5, 5.41) is 30.5. The van der Waals surface area contributed by atoms with Crippen molar-refractivity contribution >= 4 is 39.2 Å². The second-order valence-corrected chi connectivity index (χ2v) is 11.3. The third kappa shape index (κ3) is 2.96. The van der Waals surface area contributed by atoms with Gasteiger partial charge in [-0.3, -0.25) is 19.2 Å². The molecule has 3 N–H and O–H groups in total. The molecule has 0 aliphatic heterocycles. The first kappa shape index (κ1) is 23.7. The molecule has 3 unspecified atom stereocenters. The van der Waals surface area contributed by atoms with Crippen LogP contribution in [0.15, 0.2) is 11.6 Å². The molecule has 0 radical (unpaired) electrons. The summed E-state index contributed by atoms with van der Waals surface area (Å²) < 4.78 is 15.4. The van der Waals surface area contributed by atoms with Crippen molar-refractivity contribution in [2.45, 2.75) is 75.1 Å². The number of halogens is 2.